The number of piperazine rings is 1. The molecular weight excluding hydrogens is 520 g/mol. The first-order valence-electron chi connectivity index (χ1n) is 12.2. The summed E-state index contributed by atoms with van der Waals surface area (Å²) in [5.41, 5.74) is 3.65. The number of halogens is 1. The fourth-order valence-corrected chi connectivity index (χ4v) is 4.38. The van der Waals surface area contributed by atoms with Gasteiger partial charge in [0, 0.05) is 37.3 Å². The van der Waals surface area contributed by atoms with E-state index in [2.05, 4.69) is 15.5 Å². The summed E-state index contributed by atoms with van der Waals surface area (Å²) in [6, 6.07) is 22.7. The highest BCUT2D eigenvalue weighted by molar-refractivity contribution is 7.80. The molecule has 0 saturated carbocycles. The van der Waals surface area contributed by atoms with Gasteiger partial charge in [-0.1, -0.05) is 59.6 Å². The fraction of sp³-hybridized carbons (Fsp3) is 0.207. The average Bonchev–Trinajstić information content (AvgIpc) is 2.92. The van der Waals surface area contributed by atoms with Crippen molar-refractivity contribution in [2.45, 2.75) is 6.92 Å². The van der Waals surface area contributed by atoms with E-state index in [1.54, 1.807) is 18.2 Å². The number of anilines is 2. The van der Waals surface area contributed by atoms with Crippen LogP contribution in [-0.4, -0.2) is 54.6 Å². The van der Waals surface area contributed by atoms with Crippen LogP contribution in [0.2, 0.25) is 5.02 Å². The Kier molecular flexibility index (Phi) is 9.35. The van der Waals surface area contributed by atoms with E-state index in [4.69, 9.17) is 28.6 Å². The number of nitrogens with one attached hydrogen (secondary N) is 2. The van der Waals surface area contributed by atoms with Crippen LogP contribution in [0.4, 0.5) is 11.4 Å². The monoisotopic (exact) mass is 548 g/mol. The molecule has 1 heterocycles. The molecule has 1 aliphatic rings. The van der Waals surface area contributed by atoms with E-state index in [1.165, 1.54) is 0 Å². The molecule has 3 aromatic carbocycles. The molecule has 4 rings (SSSR count). The number of carbonyl (C=O) groups excluding carboxylic acids is 2. The largest absolute Gasteiger partial charge is 0.484 e. The Morgan fingerprint density at radius 3 is 2.42 bits per heavy atom. The van der Waals surface area contributed by atoms with Gasteiger partial charge in [-0.2, -0.15) is 0 Å². The second-order valence-corrected chi connectivity index (χ2v) is 9.67. The van der Waals surface area contributed by atoms with Crippen molar-refractivity contribution in [3.8, 4) is 5.75 Å². The molecule has 2 N–H and O–H groups in total. The van der Waals surface area contributed by atoms with Crippen LogP contribution in [0.3, 0.4) is 0 Å². The van der Waals surface area contributed by atoms with Crippen molar-refractivity contribution in [1.82, 2.24) is 10.2 Å². The molecular formula is C29H29ClN4O3S. The lowest BCUT2D eigenvalue weighted by Crippen LogP contribution is -2.48. The number of carbonyl (C=O) groups is 2. The lowest BCUT2D eigenvalue weighted by Gasteiger charge is -2.36. The third-order valence-corrected chi connectivity index (χ3v) is 6.44. The van der Waals surface area contributed by atoms with Gasteiger partial charge in [0.15, 0.2) is 11.7 Å². The Labute approximate surface area is 233 Å². The lowest BCUT2D eigenvalue weighted by atomic mass is 10.2. The van der Waals surface area contributed by atoms with E-state index in [0.717, 1.165) is 16.8 Å². The number of nitrogens with zero attached hydrogens (tertiary/aromatic N) is 2. The molecule has 0 bridgehead atoms. The zero-order valence-electron chi connectivity index (χ0n) is 21.0. The molecule has 0 aliphatic carbocycles. The molecule has 1 saturated heterocycles. The highest BCUT2D eigenvalue weighted by Gasteiger charge is 2.22. The quantitative estimate of drug-likeness (QED) is 0.323. The van der Waals surface area contributed by atoms with Gasteiger partial charge >= 0.3 is 0 Å². The normalized spacial score (nSPS) is 13.3. The highest BCUT2D eigenvalue weighted by atomic mass is 35.5. The molecule has 0 spiro atoms. The highest BCUT2D eigenvalue weighted by Crippen LogP contribution is 2.30. The van der Waals surface area contributed by atoms with Gasteiger partial charge in [0.2, 0.25) is 5.91 Å². The smallest absolute Gasteiger partial charge is 0.264 e. The van der Waals surface area contributed by atoms with Crippen molar-refractivity contribution in [1.29, 1.82) is 0 Å². The Morgan fingerprint density at radius 1 is 1.00 bits per heavy atom. The minimum Gasteiger partial charge on any atom is -0.484 e. The number of amides is 2. The van der Waals surface area contributed by atoms with Crippen molar-refractivity contribution >= 4 is 58.2 Å². The fourth-order valence-electron chi connectivity index (χ4n) is 3.99. The van der Waals surface area contributed by atoms with Crippen molar-refractivity contribution < 1.29 is 14.3 Å². The molecule has 0 atom stereocenters. The van der Waals surface area contributed by atoms with Gasteiger partial charge in [-0.15, -0.1) is 0 Å². The topological polar surface area (TPSA) is 73.9 Å². The van der Waals surface area contributed by atoms with Crippen LogP contribution in [-0.2, 0) is 9.59 Å². The van der Waals surface area contributed by atoms with Crippen molar-refractivity contribution in [3.05, 3.63) is 95.0 Å². The second kappa shape index (κ2) is 13.1. The summed E-state index contributed by atoms with van der Waals surface area (Å²) in [6.45, 7) is 4.27. The van der Waals surface area contributed by atoms with E-state index in [1.807, 2.05) is 78.6 Å². The Morgan fingerprint density at radius 2 is 1.71 bits per heavy atom. The van der Waals surface area contributed by atoms with Gasteiger partial charge in [-0.05, 0) is 61.1 Å². The van der Waals surface area contributed by atoms with Crippen LogP contribution in [0.1, 0.15) is 11.1 Å². The number of ether oxygens (including phenoxy) is 1. The molecule has 2 amide bonds. The van der Waals surface area contributed by atoms with Gasteiger partial charge in [-0.3, -0.25) is 14.9 Å². The first-order valence-corrected chi connectivity index (χ1v) is 13.0. The summed E-state index contributed by atoms with van der Waals surface area (Å²) < 4.78 is 5.52. The van der Waals surface area contributed by atoms with E-state index < -0.39 is 0 Å². The molecule has 1 aliphatic heterocycles. The van der Waals surface area contributed by atoms with Crippen LogP contribution in [0, 0.1) is 6.92 Å². The van der Waals surface area contributed by atoms with Crippen LogP contribution in [0.5, 0.6) is 5.75 Å². The number of hydrogen-bond acceptors (Lipinski definition) is 5. The number of aryl methyl sites for hydroxylation is 1. The molecule has 38 heavy (non-hydrogen) atoms. The van der Waals surface area contributed by atoms with E-state index >= 15 is 0 Å². The van der Waals surface area contributed by atoms with Crippen molar-refractivity contribution in [3.63, 3.8) is 0 Å². The van der Waals surface area contributed by atoms with E-state index in [0.29, 0.717) is 42.6 Å². The summed E-state index contributed by atoms with van der Waals surface area (Å²) in [7, 11) is 0. The maximum absolute atomic E-state index is 12.7. The van der Waals surface area contributed by atoms with E-state index in [-0.39, 0.29) is 23.5 Å². The summed E-state index contributed by atoms with van der Waals surface area (Å²) in [5, 5.41) is 6.41. The molecule has 9 heteroatoms. The third kappa shape index (κ3) is 7.81. The number of hydrogen-bond donors (Lipinski definition) is 2. The van der Waals surface area contributed by atoms with Gasteiger partial charge in [0.1, 0.15) is 5.75 Å². The van der Waals surface area contributed by atoms with Crippen molar-refractivity contribution in [2.75, 3.05) is 43.0 Å². The summed E-state index contributed by atoms with van der Waals surface area (Å²) in [6.07, 6.45) is 3.45. The standard InChI is InChI=1S/C29H29ClN4O3S/c1-21-7-11-24(12-8-21)37-20-27(35)32-29(38)31-25-19-23(30)10-13-26(25)33-15-17-34(18-16-33)28(36)14-9-22-5-3-2-4-6-22/h2-14,19H,15-18,20H2,1H3,(H2,31,32,35,38)/b14-9+. The molecule has 0 radical (unpaired) electrons. The minimum atomic E-state index is -0.373. The number of rotatable bonds is 7. The van der Waals surface area contributed by atoms with Crippen molar-refractivity contribution in [2.24, 2.45) is 0 Å². The SMILES string of the molecule is Cc1ccc(OCC(=O)NC(=S)Nc2cc(Cl)ccc2N2CCN(C(=O)/C=C/c3ccccc3)CC2)cc1. The molecule has 196 valence electrons. The maximum Gasteiger partial charge on any atom is 0.264 e. The Bertz CT molecular complexity index is 1310. The number of thiocarbonyl (C=S) groups is 1. The minimum absolute atomic E-state index is 0.0142. The summed E-state index contributed by atoms with van der Waals surface area (Å²) >= 11 is 11.6. The van der Waals surface area contributed by atoms with Gasteiger partial charge < -0.3 is 19.9 Å². The van der Waals surface area contributed by atoms with E-state index in [9.17, 15) is 9.59 Å². The maximum atomic E-state index is 12.7. The predicted molar refractivity (Wildman–Crippen MR) is 157 cm³/mol. The molecule has 3 aromatic rings. The van der Waals surface area contributed by atoms with Crippen LogP contribution >= 0.6 is 23.8 Å². The zero-order chi connectivity index (χ0) is 26.9. The first-order chi connectivity index (χ1) is 18.4. The molecule has 1 fully saturated rings. The lowest BCUT2D eigenvalue weighted by molar-refractivity contribution is -0.126. The van der Waals surface area contributed by atoms with Crippen LogP contribution in [0.15, 0.2) is 78.9 Å². The molecule has 0 aromatic heterocycles. The second-order valence-electron chi connectivity index (χ2n) is 8.82. The Hall–Kier alpha value is -3.88. The first kappa shape index (κ1) is 27.2. The van der Waals surface area contributed by atoms with Gasteiger partial charge in [0.05, 0.1) is 11.4 Å². The molecule has 7 nitrogen and oxygen atoms in total. The van der Waals surface area contributed by atoms with Gasteiger partial charge in [-0.25, -0.2) is 0 Å². The number of benzene rings is 3. The Balaban J connectivity index is 1.31. The third-order valence-electron chi connectivity index (χ3n) is 6.00. The summed E-state index contributed by atoms with van der Waals surface area (Å²) in [4.78, 5) is 29.0. The zero-order valence-corrected chi connectivity index (χ0v) is 22.6. The average molecular weight is 549 g/mol. The van der Waals surface area contributed by atoms with Gasteiger partial charge in [0.25, 0.3) is 5.91 Å². The molecule has 0 unspecified atom stereocenters. The summed E-state index contributed by atoms with van der Waals surface area (Å²) in [5.74, 6) is 0.219. The predicted octanol–water partition coefficient (Wildman–Crippen LogP) is 4.90. The van der Waals surface area contributed by atoms with Crippen LogP contribution in [0.25, 0.3) is 6.08 Å². The van der Waals surface area contributed by atoms with Crippen LogP contribution < -0.4 is 20.3 Å².